The van der Waals surface area contributed by atoms with Crippen molar-refractivity contribution in [1.82, 2.24) is 9.78 Å². The third-order valence-electron chi connectivity index (χ3n) is 3.06. The topological polar surface area (TPSA) is 55.9 Å². The Kier molecular flexibility index (Phi) is 3.69. The molecule has 2 heterocycles. The van der Waals surface area contributed by atoms with Gasteiger partial charge in [0.25, 0.3) is 0 Å². The predicted octanol–water partition coefficient (Wildman–Crippen LogP) is 3.19. The first-order valence-electron chi connectivity index (χ1n) is 6.43. The summed E-state index contributed by atoms with van der Waals surface area (Å²) < 4.78 is 1.91. The van der Waals surface area contributed by atoms with Gasteiger partial charge in [0.1, 0.15) is 0 Å². The van der Waals surface area contributed by atoms with Crippen molar-refractivity contribution in [1.29, 1.82) is 0 Å². The molecule has 0 aliphatic carbocycles. The Morgan fingerprint density at radius 1 is 1.25 bits per heavy atom. The minimum Gasteiger partial charge on any atom is -0.398 e. The van der Waals surface area contributed by atoms with E-state index in [9.17, 15) is 0 Å². The van der Waals surface area contributed by atoms with Gasteiger partial charge in [-0.2, -0.15) is 5.10 Å². The average molecular weight is 284 g/mol. The van der Waals surface area contributed by atoms with Crippen LogP contribution in [0.5, 0.6) is 0 Å². The monoisotopic (exact) mass is 284 g/mol. The van der Waals surface area contributed by atoms with Crippen LogP contribution in [0.1, 0.15) is 10.4 Å². The minimum absolute atomic E-state index is 0.759. The Hall–Kier alpha value is -2.27. The summed E-state index contributed by atoms with van der Waals surface area (Å²) in [6, 6.07) is 12.2. The Bertz CT molecular complexity index is 673. The van der Waals surface area contributed by atoms with Gasteiger partial charge in [-0.15, -0.1) is 11.3 Å². The lowest BCUT2D eigenvalue weighted by Crippen LogP contribution is -2.02. The number of hydrogen-bond donors (Lipinski definition) is 2. The van der Waals surface area contributed by atoms with Gasteiger partial charge < -0.3 is 11.1 Å². The number of anilines is 2. The van der Waals surface area contributed by atoms with Crippen LogP contribution in [0.15, 0.2) is 54.2 Å². The molecule has 3 rings (SSSR count). The van der Waals surface area contributed by atoms with Crippen molar-refractivity contribution in [3.8, 4) is 0 Å². The zero-order chi connectivity index (χ0) is 13.8. The van der Waals surface area contributed by atoms with Crippen molar-refractivity contribution in [2.45, 2.75) is 13.1 Å². The van der Waals surface area contributed by atoms with Gasteiger partial charge in [0.2, 0.25) is 0 Å². The molecule has 3 aromatic rings. The lowest BCUT2D eigenvalue weighted by Gasteiger charge is -2.08. The van der Waals surface area contributed by atoms with Gasteiger partial charge in [-0.3, -0.25) is 4.68 Å². The highest BCUT2D eigenvalue weighted by Gasteiger charge is 2.01. The Labute approximate surface area is 121 Å². The lowest BCUT2D eigenvalue weighted by molar-refractivity contribution is 0.687. The number of aromatic nitrogens is 2. The summed E-state index contributed by atoms with van der Waals surface area (Å²) in [6.07, 6.45) is 3.76. The molecule has 3 N–H and O–H groups in total. The normalized spacial score (nSPS) is 10.6. The summed E-state index contributed by atoms with van der Waals surface area (Å²) in [4.78, 5) is 1.17. The zero-order valence-corrected chi connectivity index (χ0v) is 11.8. The SMILES string of the molecule is Nc1ccsc1CNc1cccc(Cn2cccn2)c1. The summed E-state index contributed by atoms with van der Waals surface area (Å²) in [5, 5.41) is 9.64. The maximum Gasteiger partial charge on any atom is 0.0660 e. The first kappa shape index (κ1) is 12.7. The molecule has 20 heavy (non-hydrogen) atoms. The molecule has 102 valence electrons. The second kappa shape index (κ2) is 5.79. The van der Waals surface area contributed by atoms with Crippen LogP contribution in [-0.4, -0.2) is 9.78 Å². The molecule has 0 atom stereocenters. The van der Waals surface area contributed by atoms with Crippen LogP contribution in [-0.2, 0) is 13.1 Å². The third kappa shape index (κ3) is 3.00. The average Bonchev–Trinajstić information content (AvgIpc) is 3.09. The van der Waals surface area contributed by atoms with Gasteiger partial charge in [0, 0.05) is 28.6 Å². The summed E-state index contributed by atoms with van der Waals surface area (Å²) in [6.45, 7) is 1.54. The smallest absolute Gasteiger partial charge is 0.0660 e. The molecular formula is C15H16N4S. The van der Waals surface area contributed by atoms with Crippen LogP contribution < -0.4 is 11.1 Å². The van der Waals surface area contributed by atoms with Crippen LogP contribution in [0.4, 0.5) is 11.4 Å². The number of rotatable bonds is 5. The molecule has 0 bridgehead atoms. The number of thiophene rings is 1. The number of nitrogens with zero attached hydrogens (tertiary/aromatic N) is 2. The first-order chi connectivity index (χ1) is 9.81. The highest BCUT2D eigenvalue weighted by Crippen LogP contribution is 2.20. The second-order valence-electron chi connectivity index (χ2n) is 4.56. The molecule has 5 heteroatoms. The highest BCUT2D eigenvalue weighted by molar-refractivity contribution is 7.10. The Morgan fingerprint density at radius 3 is 2.95 bits per heavy atom. The molecule has 0 saturated carbocycles. The fraction of sp³-hybridized carbons (Fsp3) is 0.133. The third-order valence-corrected chi connectivity index (χ3v) is 4.00. The Balaban J connectivity index is 1.67. The first-order valence-corrected chi connectivity index (χ1v) is 7.31. The number of nitrogens with two attached hydrogens (primary N) is 1. The summed E-state index contributed by atoms with van der Waals surface area (Å²) in [5.74, 6) is 0. The molecule has 0 aliphatic heterocycles. The van der Waals surface area contributed by atoms with Crippen molar-refractivity contribution in [2.75, 3.05) is 11.1 Å². The van der Waals surface area contributed by atoms with Crippen LogP contribution in [0.2, 0.25) is 0 Å². The summed E-state index contributed by atoms with van der Waals surface area (Å²) in [7, 11) is 0. The molecule has 0 aliphatic rings. The summed E-state index contributed by atoms with van der Waals surface area (Å²) >= 11 is 1.68. The quantitative estimate of drug-likeness (QED) is 0.756. The largest absolute Gasteiger partial charge is 0.398 e. The van der Waals surface area contributed by atoms with E-state index in [2.05, 4.69) is 34.7 Å². The van der Waals surface area contributed by atoms with E-state index in [0.717, 1.165) is 24.5 Å². The number of nitrogen functional groups attached to an aromatic ring is 1. The van der Waals surface area contributed by atoms with E-state index in [1.165, 1.54) is 10.4 Å². The zero-order valence-electron chi connectivity index (χ0n) is 11.0. The molecule has 0 radical (unpaired) electrons. The molecular weight excluding hydrogens is 268 g/mol. The Morgan fingerprint density at radius 2 is 2.20 bits per heavy atom. The van der Waals surface area contributed by atoms with Gasteiger partial charge in [0.15, 0.2) is 0 Å². The van der Waals surface area contributed by atoms with Gasteiger partial charge >= 0.3 is 0 Å². The van der Waals surface area contributed by atoms with E-state index in [4.69, 9.17) is 5.73 Å². The molecule has 0 saturated heterocycles. The van der Waals surface area contributed by atoms with Crippen molar-refractivity contribution in [2.24, 2.45) is 0 Å². The van der Waals surface area contributed by atoms with Crippen molar-refractivity contribution in [3.63, 3.8) is 0 Å². The lowest BCUT2D eigenvalue weighted by atomic mass is 10.2. The van der Waals surface area contributed by atoms with Crippen LogP contribution >= 0.6 is 11.3 Å². The molecule has 1 aromatic carbocycles. The fourth-order valence-electron chi connectivity index (χ4n) is 2.04. The van der Waals surface area contributed by atoms with Crippen molar-refractivity contribution in [3.05, 3.63) is 64.6 Å². The van der Waals surface area contributed by atoms with Gasteiger partial charge in [0.05, 0.1) is 13.1 Å². The van der Waals surface area contributed by atoms with E-state index in [0.29, 0.717) is 0 Å². The van der Waals surface area contributed by atoms with Crippen LogP contribution in [0.3, 0.4) is 0 Å². The van der Waals surface area contributed by atoms with E-state index in [1.54, 1.807) is 17.5 Å². The molecule has 0 amide bonds. The van der Waals surface area contributed by atoms with Crippen molar-refractivity contribution >= 4 is 22.7 Å². The van der Waals surface area contributed by atoms with Crippen LogP contribution in [0, 0.1) is 0 Å². The maximum absolute atomic E-state index is 5.88. The molecule has 2 aromatic heterocycles. The molecule has 0 fully saturated rings. The molecule has 0 unspecified atom stereocenters. The van der Waals surface area contributed by atoms with Gasteiger partial charge in [-0.1, -0.05) is 12.1 Å². The predicted molar refractivity (Wildman–Crippen MR) is 83.8 cm³/mol. The summed E-state index contributed by atoms with van der Waals surface area (Å²) in [5.41, 5.74) is 9.06. The van der Waals surface area contributed by atoms with Gasteiger partial charge in [-0.25, -0.2) is 0 Å². The number of hydrogen-bond acceptors (Lipinski definition) is 4. The van der Waals surface area contributed by atoms with E-state index >= 15 is 0 Å². The fourth-order valence-corrected chi connectivity index (χ4v) is 2.78. The number of benzene rings is 1. The molecule has 4 nitrogen and oxygen atoms in total. The van der Waals surface area contributed by atoms with Crippen LogP contribution in [0.25, 0.3) is 0 Å². The number of nitrogens with one attached hydrogen (secondary N) is 1. The van der Waals surface area contributed by atoms with E-state index < -0.39 is 0 Å². The van der Waals surface area contributed by atoms with E-state index in [1.807, 2.05) is 28.4 Å². The minimum atomic E-state index is 0.759. The second-order valence-corrected chi connectivity index (χ2v) is 5.56. The standard InChI is InChI=1S/C15H16N4S/c16-14-5-8-20-15(14)10-17-13-4-1-3-12(9-13)11-19-7-2-6-18-19/h1-9,17H,10-11,16H2. The van der Waals surface area contributed by atoms with Crippen molar-refractivity contribution < 1.29 is 0 Å². The van der Waals surface area contributed by atoms with E-state index in [-0.39, 0.29) is 0 Å². The maximum atomic E-state index is 5.88. The highest BCUT2D eigenvalue weighted by atomic mass is 32.1. The van der Waals surface area contributed by atoms with Gasteiger partial charge in [-0.05, 0) is 35.2 Å². The molecule has 0 spiro atoms.